The van der Waals surface area contributed by atoms with Gasteiger partial charge in [-0.1, -0.05) is 30.7 Å². The Hall–Kier alpha value is -0.180. The van der Waals surface area contributed by atoms with Crippen molar-refractivity contribution in [2.75, 3.05) is 12.8 Å². The zero-order valence-corrected chi connectivity index (χ0v) is 12.7. The van der Waals surface area contributed by atoms with Gasteiger partial charge in [0.05, 0.1) is 0 Å². The van der Waals surface area contributed by atoms with Crippen LogP contribution in [0.5, 0.6) is 0 Å². The van der Waals surface area contributed by atoms with Crippen LogP contribution < -0.4 is 5.32 Å². The van der Waals surface area contributed by atoms with Crippen molar-refractivity contribution < 1.29 is 0 Å². The normalized spacial score (nSPS) is 13.7. The maximum atomic E-state index is 6.03. The number of halogens is 1. The topological polar surface area (TPSA) is 12.0 Å². The third kappa shape index (κ3) is 4.90. The third-order valence-corrected chi connectivity index (χ3v) is 4.47. The van der Waals surface area contributed by atoms with E-state index in [0.29, 0.717) is 6.04 Å². The predicted molar refractivity (Wildman–Crippen MR) is 80.1 cm³/mol. The standard InChI is InChI=1S/C14H22ClNS/c1-5-13(16-10-14(2,3)17-4)11-7-6-8-12(15)9-11/h6-9,13,16H,5,10H2,1-4H3. The van der Waals surface area contributed by atoms with E-state index in [-0.39, 0.29) is 4.75 Å². The van der Waals surface area contributed by atoms with Crippen molar-refractivity contribution in [3.05, 3.63) is 34.9 Å². The van der Waals surface area contributed by atoms with E-state index in [9.17, 15) is 0 Å². The summed E-state index contributed by atoms with van der Waals surface area (Å²) in [5.41, 5.74) is 1.27. The van der Waals surface area contributed by atoms with Gasteiger partial charge in [0.25, 0.3) is 0 Å². The Labute approximate surface area is 114 Å². The van der Waals surface area contributed by atoms with Crippen LogP contribution in [0.2, 0.25) is 5.02 Å². The van der Waals surface area contributed by atoms with Gasteiger partial charge < -0.3 is 5.32 Å². The Balaban J connectivity index is 2.66. The highest BCUT2D eigenvalue weighted by Gasteiger charge is 2.18. The lowest BCUT2D eigenvalue weighted by Gasteiger charge is -2.26. The molecule has 1 aromatic carbocycles. The average Bonchev–Trinajstić information content (AvgIpc) is 2.30. The van der Waals surface area contributed by atoms with Crippen molar-refractivity contribution in [2.24, 2.45) is 0 Å². The average molecular weight is 272 g/mol. The molecule has 0 amide bonds. The summed E-state index contributed by atoms with van der Waals surface area (Å²) in [7, 11) is 0. The van der Waals surface area contributed by atoms with Gasteiger partial charge in [-0.3, -0.25) is 0 Å². The predicted octanol–water partition coefficient (Wildman–Crippen LogP) is 4.52. The highest BCUT2D eigenvalue weighted by atomic mass is 35.5. The van der Waals surface area contributed by atoms with Crippen LogP contribution in [0.1, 0.15) is 38.8 Å². The molecule has 0 aliphatic rings. The Morgan fingerprint density at radius 3 is 2.65 bits per heavy atom. The third-order valence-electron chi connectivity index (χ3n) is 2.99. The molecule has 0 aliphatic heterocycles. The van der Waals surface area contributed by atoms with E-state index in [1.165, 1.54) is 5.56 Å². The van der Waals surface area contributed by atoms with Crippen LogP contribution in [0.4, 0.5) is 0 Å². The first-order valence-electron chi connectivity index (χ1n) is 6.02. The fourth-order valence-corrected chi connectivity index (χ4v) is 2.09. The zero-order valence-electron chi connectivity index (χ0n) is 11.1. The molecule has 3 heteroatoms. The van der Waals surface area contributed by atoms with Gasteiger partial charge in [-0.2, -0.15) is 11.8 Å². The molecular formula is C14H22ClNS. The first-order chi connectivity index (χ1) is 7.98. The summed E-state index contributed by atoms with van der Waals surface area (Å²) in [6.45, 7) is 7.72. The van der Waals surface area contributed by atoms with Gasteiger partial charge in [0.15, 0.2) is 0 Å². The fraction of sp³-hybridized carbons (Fsp3) is 0.571. The number of rotatable bonds is 6. The summed E-state index contributed by atoms with van der Waals surface area (Å²) < 4.78 is 0.270. The van der Waals surface area contributed by atoms with Gasteiger partial charge in [-0.25, -0.2) is 0 Å². The van der Waals surface area contributed by atoms with E-state index in [4.69, 9.17) is 11.6 Å². The maximum absolute atomic E-state index is 6.03. The minimum absolute atomic E-state index is 0.270. The van der Waals surface area contributed by atoms with Gasteiger partial charge in [-0.05, 0) is 44.2 Å². The van der Waals surface area contributed by atoms with Gasteiger partial charge >= 0.3 is 0 Å². The summed E-state index contributed by atoms with van der Waals surface area (Å²) in [5.74, 6) is 0. The van der Waals surface area contributed by atoms with Crippen LogP contribution in [0.15, 0.2) is 24.3 Å². The number of benzene rings is 1. The molecule has 0 bridgehead atoms. The molecular weight excluding hydrogens is 250 g/mol. The van der Waals surface area contributed by atoms with Crippen molar-refractivity contribution in [1.29, 1.82) is 0 Å². The van der Waals surface area contributed by atoms with Crippen LogP contribution in [-0.4, -0.2) is 17.5 Å². The first kappa shape index (κ1) is 14.9. The molecule has 0 spiro atoms. The first-order valence-corrected chi connectivity index (χ1v) is 7.63. The number of thioether (sulfide) groups is 1. The molecule has 0 aromatic heterocycles. The molecule has 1 rings (SSSR count). The van der Waals surface area contributed by atoms with Gasteiger partial charge in [0, 0.05) is 22.4 Å². The van der Waals surface area contributed by atoms with Crippen LogP contribution in [0, 0.1) is 0 Å². The van der Waals surface area contributed by atoms with E-state index in [1.807, 2.05) is 23.9 Å². The zero-order chi connectivity index (χ0) is 12.9. The smallest absolute Gasteiger partial charge is 0.0409 e. The van der Waals surface area contributed by atoms with Crippen molar-refractivity contribution in [1.82, 2.24) is 5.32 Å². The summed E-state index contributed by atoms with van der Waals surface area (Å²) in [4.78, 5) is 0. The van der Waals surface area contributed by atoms with Crippen molar-refractivity contribution in [3.8, 4) is 0 Å². The molecule has 1 unspecified atom stereocenters. The van der Waals surface area contributed by atoms with E-state index >= 15 is 0 Å². The second-order valence-corrected chi connectivity index (χ2v) is 6.81. The molecule has 0 saturated carbocycles. The largest absolute Gasteiger partial charge is 0.309 e. The number of hydrogen-bond donors (Lipinski definition) is 1. The van der Waals surface area contributed by atoms with Gasteiger partial charge in [0.1, 0.15) is 0 Å². The summed E-state index contributed by atoms with van der Waals surface area (Å²) in [6, 6.07) is 8.51. The second-order valence-electron chi connectivity index (χ2n) is 4.86. The Morgan fingerprint density at radius 1 is 1.41 bits per heavy atom. The monoisotopic (exact) mass is 271 g/mol. The van der Waals surface area contributed by atoms with Crippen LogP contribution in [-0.2, 0) is 0 Å². The lowest BCUT2D eigenvalue weighted by molar-refractivity contribution is 0.485. The molecule has 1 N–H and O–H groups in total. The molecule has 0 saturated heterocycles. The molecule has 0 fully saturated rings. The lowest BCUT2D eigenvalue weighted by Crippen LogP contribution is -2.34. The Kier molecular flexibility index (Phi) is 5.84. The summed E-state index contributed by atoms with van der Waals surface area (Å²) in [6.07, 6.45) is 3.23. The van der Waals surface area contributed by atoms with E-state index in [0.717, 1.165) is 18.0 Å². The molecule has 17 heavy (non-hydrogen) atoms. The molecule has 1 atom stereocenters. The molecule has 0 heterocycles. The van der Waals surface area contributed by atoms with E-state index in [2.05, 4.69) is 44.5 Å². The number of hydrogen-bond acceptors (Lipinski definition) is 2. The maximum Gasteiger partial charge on any atom is 0.0409 e. The Morgan fingerprint density at radius 2 is 2.12 bits per heavy atom. The minimum Gasteiger partial charge on any atom is -0.309 e. The van der Waals surface area contributed by atoms with E-state index in [1.54, 1.807) is 0 Å². The Bertz CT molecular complexity index is 352. The minimum atomic E-state index is 0.270. The molecule has 96 valence electrons. The highest BCUT2D eigenvalue weighted by molar-refractivity contribution is 7.99. The molecule has 0 radical (unpaired) electrons. The molecule has 1 aromatic rings. The summed E-state index contributed by atoms with van der Waals surface area (Å²) in [5, 5.41) is 4.44. The summed E-state index contributed by atoms with van der Waals surface area (Å²) >= 11 is 7.92. The van der Waals surface area contributed by atoms with Gasteiger partial charge in [0.2, 0.25) is 0 Å². The van der Waals surface area contributed by atoms with Gasteiger partial charge in [-0.15, -0.1) is 0 Å². The number of nitrogens with one attached hydrogen (secondary N) is 1. The highest BCUT2D eigenvalue weighted by Crippen LogP contribution is 2.24. The SMILES string of the molecule is CCC(NCC(C)(C)SC)c1cccc(Cl)c1. The van der Waals surface area contributed by atoms with E-state index < -0.39 is 0 Å². The molecule has 0 aliphatic carbocycles. The van der Waals surface area contributed by atoms with Crippen LogP contribution in [0.25, 0.3) is 0 Å². The van der Waals surface area contributed by atoms with Crippen molar-refractivity contribution in [2.45, 2.75) is 38.0 Å². The van der Waals surface area contributed by atoms with Crippen molar-refractivity contribution in [3.63, 3.8) is 0 Å². The van der Waals surface area contributed by atoms with Crippen LogP contribution >= 0.6 is 23.4 Å². The van der Waals surface area contributed by atoms with Crippen LogP contribution in [0.3, 0.4) is 0 Å². The fourth-order valence-electron chi connectivity index (χ4n) is 1.66. The van der Waals surface area contributed by atoms with Crippen molar-refractivity contribution >= 4 is 23.4 Å². The second kappa shape index (κ2) is 6.67. The lowest BCUT2D eigenvalue weighted by atomic mass is 10.0. The quantitative estimate of drug-likeness (QED) is 0.816. The molecule has 1 nitrogen and oxygen atoms in total.